The molecule has 0 amide bonds. The molecule has 0 saturated heterocycles. The number of ether oxygens (including phenoxy) is 2. The van der Waals surface area contributed by atoms with E-state index >= 15 is 0 Å². The third-order valence-corrected chi connectivity index (χ3v) is 3.07. The number of hydrogen-bond donors (Lipinski definition) is 0. The second-order valence-corrected chi connectivity index (χ2v) is 5.33. The van der Waals surface area contributed by atoms with Gasteiger partial charge in [0.25, 0.3) is 0 Å². The molecule has 0 aliphatic carbocycles. The summed E-state index contributed by atoms with van der Waals surface area (Å²) < 4.78 is 11.4. The van der Waals surface area contributed by atoms with Gasteiger partial charge in [-0.15, -0.1) is 5.10 Å². The van der Waals surface area contributed by atoms with E-state index < -0.39 is 18.0 Å². The van der Waals surface area contributed by atoms with Gasteiger partial charge in [0.2, 0.25) is 0 Å². The summed E-state index contributed by atoms with van der Waals surface area (Å²) in [6.45, 7) is 3.86. The molecule has 118 valence electrons. The van der Waals surface area contributed by atoms with Crippen LogP contribution in [0.1, 0.15) is 30.6 Å². The first-order chi connectivity index (χ1) is 10.4. The van der Waals surface area contributed by atoms with E-state index in [9.17, 15) is 9.59 Å². The number of fused-ring (bicyclic) bond motifs is 1. The normalized spacial score (nSPS) is 12.4. The van der Waals surface area contributed by atoms with Gasteiger partial charge >= 0.3 is 11.9 Å². The summed E-state index contributed by atoms with van der Waals surface area (Å²) in [5, 5.41) is 7.71. The van der Waals surface area contributed by atoms with Crippen molar-refractivity contribution in [3.8, 4) is 0 Å². The molecule has 0 unspecified atom stereocenters. The van der Waals surface area contributed by atoms with Crippen molar-refractivity contribution in [2.24, 2.45) is 13.0 Å². The lowest BCUT2D eigenvalue weighted by Gasteiger charge is -2.17. The van der Waals surface area contributed by atoms with E-state index in [0.717, 1.165) is 0 Å². The standard InChI is InChI=1S/C14H18N4O4/c1-8(2)5-11(14(20)21-4)22-13(19)9-6-10-12(15-7-9)18(3)17-16-10/h6-8,11H,5H2,1-4H3/t11-/m0/s1. The Morgan fingerprint density at radius 2 is 2.09 bits per heavy atom. The van der Waals surface area contributed by atoms with Gasteiger partial charge in [-0.1, -0.05) is 19.1 Å². The first kappa shape index (κ1) is 15.9. The molecular weight excluding hydrogens is 288 g/mol. The Morgan fingerprint density at radius 3 is 2.73 bits per heavy atom. The zero-order valence-electron chi connectivity index (χ0n) is 12.9. The van der Waals surface area contributed by atoms with Crippen LogP contribution in [-0.4, -0.2) is 45.1 Å². The molecule has 0 bridgehead atoms. The minimum absolute atomic E-state index is 0.178. The second-order valence-electron chi connectivity index (χ2n) is 5.33. The Kier molecular flexibility index (Phi) is 4.69. The molecule has 0 saturated carbocycles. The van der Waals surface area contributed by atoms with Crippen LogP contribution in [0.25, 0.3) is 11.2 Å². The maximum Gasteiger partial charge on any atom is 0.347 e. The highest BCUT2D eigenvalue weighted by atomic mass is 16.6. The predicted molar refractivity (Wildman–Crippen MR) is 77.0 cm³/mol. The molecule has 2 aromatic rings. The van der Waals surface area contributed by atoms with Gasteiger partial charge in [-0.2, -0.15) is 0 Å². The van der Waals surface area contributed by atoms with E-state index in [0.29, 0.717) is 17.6 Å². The molecule has 2 rings (SSSR count). The number of hydrogen-bond acceptors (Lipinski definition) is 7. The fourth-order valence-electron chi connectivity index (χ4n) is 1.99. The molecule has 0 spiro atoms. The third kappa shape index (κ3) is 3.38. The van der Waals surface area contributed by atoms with Crippen LogP contribution in [0.15, 0.2) is 12.3 Å². The summed E-state index contributed by atoms with van der Waals surface area (Å²) in [6.07, 6.45) is 0.826. The highest BCUT2D eigenvalue weighted by Crippen LogP contribution is 2.15. The summed E-state index contributed by atoms with van der Waals surface area (Å²) in [5.74, 6) is -1.04. The SMILES string of the molecule is COC(=O)[C@H](CC(C)C)OC(=O)c1cnc2c(c1)nnn2C. The topological polar surface area (TPSA) is 96.2 Å². The molecule has 0 aliphatic rings. The third-order valence-electron chi connectivity index (χ3n) is 3.07. The van der Waals surface area contributed by atoms with E-state index in [1.807, 2.05) is 13.8 Å². The Morgan fingerprint density at radius 1 is 1.36 bits per heavy atom. The van der Waals surface area contributed by atoms with Gasteiger partial charge in [-0.25, -0.2) is 19.3 Å². The number of esters is 2. The van der Waals surface area contributed by atoms with Crippen molar-refractivity contribution in [1.82, 2.24) is 20.0 Å². The van der Waals surface area contributed by atoms with Crippen molar-refractivity contribution in [3.05, 3.63) is 17.8 Å². The first-order valence-corrected chi connectivity index (χ1v) is 6.86. The van der Waals surface area contributed by atoms with Crippen LogP contribution in [0.4, 0.5) is 0 Å². The molecule has 0 aromatic carbocycles. The van der Waals surface area contributed by atoms with Gasteiger partial charge in [0.05, 0.1) is 12.7 Å². The number of methoxy groups -OCH3 is 1. The van der Waals surface area contributed by atoms with Crippen molar-refractivity contribution in [1.29, 1.82) is 0 Å². The summed E-state index contributed by atoms with van der Waals surface area (Å²) in [5.41, 5.74) is 1.25. The Labute approximate surface area is 127 Å². The average molecular weight is 306 g/mol. The van der Waals surface area contributed by atoms with Crippen molar-refractivity contribution in [2.75, 3.05) is 7.11 Å². The van der Waals surface area contributed by atoms with Crippen molar-refractivity contribution < 1.29 is 19.1 Å². The van der Waals surface area contributed by atoms with Crippen LogP contribution in [-0.2, 0) is 21.3 Å². The van der Waals surface area contributed by atoms with E-state index in [-0.39, 0.29) is 11.5 Å². The lowest BCUT2D eigenvalue weighted by atomic mass is 10.1. The van der Waals surface area contributed by atoms with Gasteiger partial charge in [0, 0.05) is 13.2 Å². The number of rotatable bonds is 5. The monoisotopic (exact) mass is 306 g/mol. The summed E-state index contributed by atoms with van der Waals surface area (Å²) in [6, 6.07) is 1.53. The number of nitrogens with zero attached hydrogens (tertiary/aromatic N) is 4. The number of aryl methyl sites for hydroxylation is 1. The Bertz CT molecular complexity index is 695. The van der Waals surface area contributed by atoms with Gasteiger partial charge in [-0.05, 0) is 18.4 Å². The molecule has 2 heterocycles. The maximum absolute atomic E-state index is 12.2. The van der Waals surface area contributed by atoms with Crippen LogP contribution in [0.2, 0.25) is 0 Å². The number of aromatic nitrogens is 4. The zero-order chi connectivity index (χ0) is 16.3. The van der Waals surface area contributed by atoms with Crippen molar-refractivity contribution >= 4 is 23.1 Å². The molecule has 2 aromatic heterocycles. The van der Waals surface area contributed by atoms with Crippen molar-refractivity contribution in [2.45, 2.75) is 26.4 Å². The Balaban J connectivity index is 2.18. The van der Waals surface area contributed by atoms with Crippen LogP contribution < -0.4 is 0 Å². The molecule has 0 fully saturated rings. The smallest absolute Gasteiger partial charge is 0.347 e. The van der Waals surface area contributed by atoms with Gasteiger partial charge in [0.15, 0.2) is 11.8 Å². The highest BCUT2D eigenvalue weighted by Gasteiger charge is 2.26. The maximum atomic E-state index is 12.2. The van der Waals surface area contributed by atoms with E-state index in [4.69, 9.17) is 4.74 Å². The lowest BCUT2D eigenvalue weighted by molar-refractivity contribution is -0.151. The van der Waals surface area contributed by atoms with Crippen LogP contribution in [0.5, 0.6) is 0 Å². The minimum Gasteiger partial charge on any atom is -0.466 e. The molecule has 8 nitrogen and oxygen atoms in total. The number of carbonyl (C=O) groups excluding carboxylic acids is 2. The Hall–Kier alpha value is -2.51. The van der Waals surface area contributed by atoms with Crippen LogP contribution in [0.3, 0.4) is 0 Å². The first-order valence-electron chi connectivity index (χ1n) is 6.86. The van der Waals surface area contributed by atoms with Crippen LogP contribution >= 0.6 is 0 Å². The minimum atomic E-state index is -0.935. The molecule has 0 N–H and O–H groups in total. The molecular formula is C14H18N4O4. The second kappa shape index (κ2) is 6.50. The predicted octanol–water partition coefficient (Wildman–Crippen LogP) is 1.11. The van der Waals surface area contributed by atoms with Gasteiger partial charge < -0.3 is 9.47 Å². The van der Waals surface area contributed by atoms with Crippen molar-refractivity contribution in [3.63, 3.8) is 0 Å². The molecule has 0 aliphatic heterocycles. The zero-order valence-corrected chi connectivity index (χ0v) is 12.9. The summed E-state index contributed by atoms with van der Waals surface area (Å²) >= 11 is 0. The van der Waals surface area contributed by atoms with Gasteiger partial charge in [0.1, 0.15) is 5.52 Å². The fourth-order valence-corrected chi connectivity index (χ4v) is 1.99. The summed E-state index contributed by atoms with van der Waals surface area (Å²) in [4.78, 5) is 28.0. The molecule has 0 radical (unpaired) electrons. The quantitative estimate of drug-likeness (QED) is 0.763. The van der Waals surface area contributed by atoms with Gasteiger partial charge in [-0.3, -0.25) is 0 Å². The number of pyridine rings is 1. The van der Waals surface area contributed by atoms with E-state index in [1.54, 1.807) is 7.05 Å². The van der Waals surface area contributed by atoms with E-state index in [1.165, 1.54) is 24.1 Å². The van der Waals surface area contributed by atoms with E-state index in [2.05, 4.69) is 20.0 Å². The largest absolute Gasteiger partial charge is 0.466 e. The number of carbonyl (C=O) groups is 2. The van der Waals surface area contributed by atoms with Crippen LogP contribution in [0, 0.1) is 5.92 Å². The molecule has 8 heteroatoms. The molecule has 22 heavy (non-hydrogen) atoms. The lowest BCUT2D eigenvalue weighted by Crippen LogP contribution is -2.30. The summed E-state index contributed by atoms with van der Waals surface area (Å²) in [7, 11) is 2.97. The highest BCUT2D eigenvalue weighted by molar-refractivity contribution is 5.93. The molecule has 1 atom stereocenters. The fraction of sp³-hybridized carbons (Fsp3) is 0.500. The average Bonchev–Trinajstić information content (AvgIpc) is 2.86.